The van der Waals surface area contributed by atoms with Crippen molar-refractivity contribution < 1.29 is 4.79 Å². The number of aromatic nitrogens is 3. The highest BCUT2D eigenvalue weighted by molar-refractivity contribution is 5.94. The summed E-state index contributed by atoms with van der Waals surface area (Å²) in [6.45, 7) is 2.06. The summed E-state index contributed by atoms with van der Waals surface area (Å²) in [5.74, 6) is 1.43. The van der Waals surface area contributed by atoms with Crippen molar-refractivity contribution in [2.24, 2.45) is 0 Å². The lowest BCUT2D eigenvalue weighted by atomic mass is 10.00. The van der Waals surface area contributed by atoms with Crippen LogP contribution in [-0.4, -0.2) is 27.4 Å². The van der Waals surface area contributed by atoms with Crippen molar-refractivity contribution in [2.45, 2.75) is 19.5 Å². The van der Waals surface area contributed by atoms with E-state index in [2.05, 4.69) is 49.4 Å². The first-order valence-corrected chi connectivity index (χ1v) is 9.76. The third-order valence-electron chi connectivity index (χ3n) is 5.32. The van der Waals surface area contributed by atoms with Gasteiger partial charge >= 0.3 is 0 Å². The number of carbonyl (C=O) groups is 1. The molecule has 29 heavy (non-hydrogen) atoms. The largest absolute Gasteiger partial charge is 0.352 e. The van der Waals surface area contributed by atoms with Crippen molar-refractivity contribution >= 4 is 22.8 Å². The van der Waals surface area contributed by atoms with E-state index in [1.54, 1.807) is 12.3 Å². The van der Waals surface area contributed by atoms with Gasteiger partial charge in [-0.05, 0) is 41.8 Å². The molecule has 6 heteroatoms. The third-order valence-corrected chi connectivity index (χ3v) is 5.32. The van der Waals surface area contributed by atoms with Gasteiger partial charge in [-0.1, -0.05) is 36.4 Å². The van der Waals surface area contributed by atoms with E-state index in [-0.39, 0.29) is 5.91 Å². The van der Waals surface area contributed by atoms with Gasteiger partial charge < -0.3 is 15.2 Å². The van der Waals surface area contributed by atoms with E-state index in [9.17, 15) is 4.79 Å². The maximum absolute atomic E-state index is 12.7. The van der Waals surface area contributed by atoms with E-state index in [0.29, 0.717) is 12.1 Å². The molecule has 1 amide bonds. The molecule has 0 bridgehead atoms. The standard InChI is InChI=1S/C23H21N5O/c29-23(25-14-21-26-19-7-3-4-8-20(19)27-21)17-9-11-24-22(13-17)28-12-10-16-5-1-2-6-18(16)15-28/h1-9,11,13H,10,12,14-15H2,(H,25,29)(H,26,27). The zero-order valence-electron chi connectivity index (χ0n) is 15.9. The Labute approximate surface area is 168 Å². The van der Waals surface area contributed by atoms with Gasteiger partial charge in [0.25, 0.3) is 5.91 Å². The Morgan fingerprint density at radius 3 is 2.79 bits per heavy atom. The van der Waals surface area contributed by atoms with Gasteiger partial charge in [-0.25, -0.2) is 9.97 Å². The van der Waals surface area contributed by atoms with Crippen LogP contribution in [0.1, 0.15) is 27.3 Å². The number of anilines is 1. The van der Waals surface area contributed by atoms with Crippen LogP contribution in [0.5, 0.6) is 0 Å². The van der Waals surface area contributed by atoms with E-state index in [4.69, 9.17) is 0 Å². The minimum Gasteiger partial charge on any atom is -0.352 e. The molecule has 0 fully saturated rings. The Morgan fingerprint density at radius 2 is 1.90 bits per heavy atom. The van der Waals surface area contributed by atoms with Crippen molar-refractivity contribution in [3.63, 3.8) is 0 Å². The first-order chi connectivity index (χ1) is 14.3. The first-order valence-electron chi connectivity index (χ1n) is 9.76. The van der Waals surface area contributed by atoms with Crippen molar-refractivity contribution in [3.8, 4) is 0 Å². The normalized spacial score (nSPS) is 13.3. The summed E-state index contributed by atoms with van der Waals surface area (Å²) in [6, 6.07) is 19.9. The predicted octanol–water partition coefficient (Wildman–Crippen LogP) is 3.45. The minimum atomic E-state index is -0.133. The van der Waals surface area contributed by atoms with Gasteiger partial charge in [0.2, 0.25) is 0 Å². The molecule has 1 aliphatic rings. The molecule has 0 radical (unpaired) electrons. The number of nitrogens with zero attached hydrogens (tertiary/aromatic N) is 3. The van der Waals surface area contributed by atoms with E-state index in [1.807, 2.05) is 30.3 Å². The summed E-state index contributed by atoms with van der Waals surface area (Å²) in [4.78, 5) is 27.1. The molecule has 1 aliphatic heterocycles. The maximum atomic E-state index is 12.7. The summed E-state index contributed by atoms with van der Waals surface area (Å²) < 4.78 is 0. The molecule has 0 saturated carbocycles. The number of fused-ring (bicyclic) bond motifs is 2. The van der Waals surface area contributed by atoms with Gasteiger partial charge in [-0.3, -0.25) is 4.79 Å². The van der Waals surface area contributed by atoms with Crippen molar-refractivity contribution in [1.29, 1.82) is 0 Å². The predicted molar refractivity (Wildman–Crippen MR) is 113 cm³/mol. The second-order valence-corrected chi connectivity index (χ2v) is 7.23. The Balaban J connectivity index is 1.28. The molecular weight excluding hydrogens is 362 g/mol. The summed E-state index contributed by atoms with van der Waals surface area (Å²) in [5.41, 5.74) is 5.18. The number of hydrogen-bond donors (Lipinski definition) is 2. The molecule has 0 unspecified atom stereocenters. The lowest BCUT2D eigenvalue weighted by Gasteiger charge is -2.29. The molecule has 2 N–H and O–H groups in total. The van der Waals surface area contributed by atoms with Crippen LogP contribution in [0, 0.1) is 0 Å². The van der Waals surface area contributed by atoms with Crippen LogP contribution < -0.4 is 10.2 Å². The monoisotopic (exact) mass is 383 g/mol. The van der Waals surface area contributed by atoms with Crippen molar-refractivity contribution in [3.05, 3.63) is 89.4 Å². The number of aromatic amines is 1. The number of rotatable bonds is 4. The number of amides is 1. The fourth-order valence-electron chi connectivity index (χ4n) is 3.78. The lowest BCUT2D eigenvalue weighted by molar-refractivity contribution is 0.0950. The van der Waals surface area contributed by atoms with Gasteiger partial charge in [0.05, 0.1) is 17.6 Å². The molecular formula is C23H21N5O. The van der Waals surface area contributed by atoms with Gasteiger partial charge in [-0.15, -0.1) is 0 Å². The molecule has 2 aromatic heterocycles. The molecule has 3 heterocycles. The van der Waals surface area contributed by atoms with Crippen LogP contribution in [0.25, 0.3) is 11.0 Å². The molecule has 0 saturated heterocycles. The molecule has 2 aromatic carbocycles. The van der Waals surface area contributed by atoms with E-state index >= 15 is 0 Å². The highest BCUT2D eigenvalue weighted by Gasteiger charge is 2.18. The number of hydrogen-bond acceptors (Lipinski definition) is 4. The van der Waals surface area contributed by atoms with E-state index < -0.39 is 0 Å². The Hall–Kier alpha value is -3.67. The van der Waals surface area contributed by atoms with E-state index in [1.165, 1.54) is 11.1 Å². The SMILES string of the molecule is O=C(NCc1nc2ccccc2[nH]1)c1ccnc(N2CCc3ccccc3C2)c1. The summed E-state index contributed by atoms with van der Waals surface area (Å²) >= 11 is 0. The highest BCUT2D eigenvalue weighted by Crippen LogP contribution is 2.23. The summed E-state index contributed by atoms with van der Waals surface area (Å²) in [5, 5.41) is 2.94. The van der Waals surface area contributed by atoms with Crippen LogP contribution >= 0.6 is 0 Å². The second-order valence-electron chi connectivity index (χ2n) is 7.23. The highest BCUT2D eigenvalue weighted by atomic mass is 16.1. The molecule has 0 aliphatic carbocycles. The minimum absolute atomic E-state index is 0.133. The molecule has 6 nitrogen and oxygen atoms in total. The zero-order chi connectivity index (χ0) is 19.6. The fourth-order valence-corrected chi connectivity index (χ4v) is 3.78. The third kappa shape index (κ3) is 3.57. The Morgan fingerprint density at radius 1 is 1.07 bits per heavy atom. The fraction of sp³-hybridized carbons (Fsp3) is 0.174. The number of imidazole rings is 1. The van der Waals surface area contributed by atoms with Crippen LogP contribution in [0.2, 0.25) is 0 Å². The maximum Gasteiger partial charge on any atom is 0.251 e. The molecule has 0 spiro atoms. The smallest absolute Gasteiger partial charge is 0.251 e. The molecule has 0 atom stereocenters. The van der Waals surface area contributed by atoms with Gasteiger partial charge in [0, 0.05) is 24.8 Å². The average Bonchev–Trinajstić information content (AvgIpc) is 3.20. The number of nitrogens with one attached hydrogen (secondary N) is 2. The second kappa shape index (κ2) is 7.39. The lowest BCUT2D eigenvalue weighted by Crippen LogP contribution is -2.31. The summed E-state index contributed by atoms with van der Waals surface area (Å²) in [7, 11) is 0. The van der Waals surface area contributed by atoms with Crippen LogP contribution in [0.15, 0.2) is 66.9 Å². The van der Waals surface area contributed by atoms with Crippen molar-refractivity contribution in [2.75, 3.05) is 11.4 Å². The van der Waals surface area contributed by atoms with Crippen LogP contribution in [0.4, 0.5) is 5.82 Å². The van der Waals surface area contributed by atoms with Gasteiger partial charge in [-0.2, -0.15) is 0 Å². The van der Waals surface area contributed by atoms with E-state index in [0.717, 1.165) is 42.2 Å². The number of benzene rings is 2. The summed E-state index contributed by atoms with van der Waals surface area (Å²) in [6.07, 6.45) is 2.69. The van der Waals surface area contributed by atoms with Gasteiger partial charge in [0.15, 0.2) is 0 Å². The van der Waals surface area contributed by atoms with Crippen LogP contribution in [0.3, 0.4) is 0 Å². The number of para-hydroxylation sites is 2. The Kier molecular flexibility index (Phi) is 4.44. The van der Waals surface area contributed by atoms with Gasteiger partial charge in [0.1, 0.15) is 11.6 Å². The first kappa shape index (κ1) is 17.4. The number of pyridine rings is 1. The van der Waals surface area contributed by atoms with Crippen LogP contribution in [-0.2, 0) is 19.5 Å². The van der Waals surface area contributed by atoms with Crippen molar-refractivity contribution in [1.82, 2.24) is 20.3 Å². The Bertz CT molecular complexity index is 1150. The zero-order valence-corrected chi connectivity index (χ0v) is 15.9. The molecule has 144 valence electrons. The molecule has 5 rings (SSSR count). The molecule has 4 aromatic rings. The number of H-pyrrole nitrogens is 1. The average molecular weight is 383 g/mol. The quantitative estimate of drug-likeness (QED) is 0.566. The topological polar surface area (TPSA) is 73.9 Å². The number of carbonyl (C=O) groups excluding carboxylic acids is 1.